The molecular formula is C20H19NO5. The number of benzene rings is 2. The Morgan fingerprint density at radius 2 is 2.00 bits per heavy atom. The predicted octanol–water partition coefficient (Wildman–Crippen LogP) is 3.21. The van der Waals surface area contributed by atoms with Crippen molar-refractivity contribution in [2.45, 2.75) is 19.4 Å². The lowest BCUT2D eigenvalue weighted by molar-refractivity contribution is -0.141. The number of aliphatic carboxylic acids is 1. The first-order valence-corrected chi connectivity index (χ1v) is 8.58. The molecule has 6 nitrogen and oxygen atoms in total. The van der Waals surface area contributed by atoms with Gasteiger partial charge in [-0.3, -0.25) is 9.59 Å². The van der Waals surface area contributed by atoms with Gasteiger partial charge in [0, 0.05) is 29.4 Å². The van der Waals surface area contributed by atoms with E-state index in [0.717, 1.165) is 21.7 Å². The largest absolute Gasteiger partial charge is 0.481 e. The zero-order valence-corrected chi connectivity index (χ0v) is 14.4. The lowest BCUT2D eigenvalue weighted by Gasteiger charge is -2.31. The minimum absolute atomic E-state index is 0.118. The molecule has 1 aliphatic rings. The van der Waals surface area contributed by atoms with E-state index in [2.05, 4.69) is 0 Å². The summed E-state index contributed by atoms with van der Waals surface area (Å²) in [6.45, 7) is 2.88. The van der Waals surface area contributed by atoms with E-state index in [-0.39, 0.29) is 18.9 Å². The number of carbonyl (C=O) groups excluding carboxylic acids is 1. The van der Waals surface area contributed by atoms with Gasteiger partial charge in [-0.25, -0.2) is 0 Å². The molecular weight excluding hydrogens is 334 g/mol. The Morgan fingerprint density at radius 1 is 1.19 bits per heavy atom. The van der Waals surface area contributed by atoms with E-state index in [4.69, 9.17) is 14.3 Å². The van der Waals surface area contributed by atoms with Gasteiger partial charge in [0.25, 0.3) is 5.91 Å². The molecule has 1 atom stereocenters. The molecule has 0 spiro atoms. The van der Waals surface area contributed by atoms with Crippen LogP contribution in [0.15, 0.2) is 40.8 Å². The van der Waals surface area contributed by atoms with Gasteiger partial charge in [-0.1, -0.05) is 36.4 Å². The molecule has 26 heavy (non-hydrogen) atoms. The van der Waals surface area contributed by atoms with E-state index in [1.165, 1.54) is 0 Å². The van der Waals surface area contributed by atoms with Gasteiger partial charge in [-0.2, -0.15) is 0 Å². The van der Waals surface area contributed by atoms with E-state index in [1.807, 2.05) is 43.3 Å². The predicted molar refractivity (Wildman–Crippen MR) is 96.4 cm³/mol. The fraction of sp³-hybridized carbons (Fsp3) is 0.300. The molecule has 2 heterocycles. The van der Waals surface area contributed by atoms with E-state index in [1.54, 1.807) is 4.90 Å². The smallest absolute Gasteiger partial charge is 0.306 e. The summed E-state index contributed by atoms with van der Waals surface area (Å²) in [4.78, 5) is 25.5. The average Bonchev–Trinajstić information content (AvgIpc) is 2.98. The fourth-order valence-corrected chi connectivity index (χ4v) is 3.52. The molecule has 4 rings (SSSR count). The monoisotopic (exact) mass is 353 g/mol. The van der Waals surface area contributed by atoms with E-state index in [9.17, 15) is 9.59 Å². The second-order valence-corrected chi connectivity index (χ2v) is 6.56. The van der Waals surface area contributed by atoms with E-state index in [0.29, 0.717) is 24.5 Å². The Bertz CT molecular complexity index is 1010. The number of carboxylic acids is 1. The van der Waals surface area contributed by atoms with Gasteiger partial charge >= 0.3 is 5.97 Å². The molecule has 6 heteroatoms. The van der Waals surface area contributed by atoms with Gasteiger partial charge in [-0.15, -0.1) is 0 Å². The van der Waals surface area contributed by atoms with Crippen LogP contribution in [0.25, 0.3) is 21.7 Å². The third kappa shape index (κ3) is 2.82. The molecule has 1 N–H and O–H groups in total. The second-order valence-electron chi connectivity index (χ2n) is 6.56. The summed E-state index contributed by atoms with van der Waals surface area (Å²) < 4.78 is 11.4. The summed E-state index contributed by atoms with van der Waals surface area (Å²) in [5.74, 6) is -0.843. The highest BCUT2D eigenvalue weighted by Crippen LogP contribution is 2.32. The minimum Gasteiger partial charge on any atom is -0.481 e. The first-order chi connectivity index (χ1) is 12.5. The van der Waals surface area contributed by atoms with Gasteiger partial charge in [0.2, 0.25) is 0 Å². The number of carbonyl (C=O) groups is 2. The maximum Gasteiger partial charge on any atom is 0.306 e. The van der Waals surface area contributed by atoms with Crippen LogP contribution in [-0.4, -0.2) is 47.7 Å². The number of morpholine rings is 1. The van der Waals surface area contributed by atoms with Crippen LogP contribution < -0.4 is 0 Å². The summed E-state index contributed by atoms with van der Waals surface area (Å²) in [6.07, 6.45) is -0.608. The third-order valence-corrected chi connectivity index (χ3v) is 4.85. The number of rotatable bonds is 3. The first-order valence-electron chi connectivity index (χ1n) is 8.58. The van der Waals surface area contributed by atoms with Crippen molar-refractivity contribution in [2.24, 2.45) is 0 Å². The molecule has 2 aromatic carbocycles. The van der Waals surface area contributed by atoms with Crippen LogP contribution in [0.3, 0.4) is 0 Å². The number of hydrogen-bond donors (Lipinski definition) is 1. The number of ether oxygens (including phenoxy) is 1. The SMILES string of the molecule is Cc1c(C(=O)N2CCOC(CC(=O)O)C2)oc2c1ccc1ccccc12. The Labute approximate surface area is 149 Å². The van der Waals surface area contributed by atoms with E-state index < -0.39 is 12.1 Å². The Hall–Kier alpha value is -2.86. The van der Waals surface area contributed by atoms with Crippen LogP contribution in [0.5, 0.6) is 0 Å². The molecule has 1 aromatic heterocycles. The van der Waals surface area contributed by atoms with Crippen molar-refractivity contribution in [3.8, 4) is 0 Å². The van der Waals surface area contributed by atoms with Crippen molar-refractivity contribution in [3.05, 3.63) is 47.7 Å². The normalized spacial score (nSPS) is 17.7. The highest BCUT2D eigenvalue weighted by atomic mass is 16.5. The highest BCUT2D eigenvalue weighted by Gasteiger charge is 2.30. The minimum atomic E-state index is -0.935. The molecule has 0 bridgehead atoms. The molecule has 0 aliphatic carbocycles. The van der Waals surface area contributed by atoms with Gasteiger partial charge in [0.05, 0.1) is 19.1 Å². The summed E-state index contributed by atoms with van der Waals surface area (Å²) in [5.41, 5.74) is 1.51. The van der Waals surface area contributed by atoms with Crippen molar-refractivity contribution < 1.29 is 23.8 Å². The van der Waals surface area contributed by atoms with Gasteiger partial charge in [0.1, 0.15) is 5.58 Å². The molecule has 1 fully saturated rings. The van der Waals surface area contributed by atoms with Gasteiger partial charge in [-0.05, 0) is 12.3 Å². The van der Waals surface area contributed by atoms with Crippen LogP contribution in [0.1, 0.15) is 22.5 Å². The average molecular weight is 353 g/mol. The third-order valence-electron chi connectivity index (χ3n) is 4.85. The van der Waals surface area contributed by atoms with Gasteiger partial charge < -0.3 is 19.2 Å². The molecule has 0 radical (unpaired) electrons. The van der Waals surface area contributed by atoms with Crippen LogP contribution in [0, 0.1) is 6.92 Å². The summed E-state index contributed by atoms with van der Waals surface area (Å²) in [6, 6.07) is 11.9. The lowest BCUT2D eigenvalue weighted by Crippen LogP contribution is -2.46. The first kappa shape index (κ1) is 16.6. The number of amides is 1. The van der Waals surface area contributed by atoms with Crippen LogP contribution in [0.4, 0.5) is 0 Å². The Morgan fingerprint density at radius 3 is 2.81 bits per heavy atom. The molecule has 134 valence electrons. The number of furan rings is 1. The Kier molecular flexibility index (Phi) is 4.12. The van der Waals surface area contributed by atoms with Gasteiger partial charge in [0.15, 0.2) is 5.76 Å². The Balaban J connectivity index is 1.69. The number of carboxylic acid groups (broad SMARTS) is 1. The highest BCUT2D eigenvalue weighted by molar-refractivity contribution is 6.08. The van der Waals surface area contributed by atoms with Crippen LogP contribution in [-0.2, 0) is 9.53 Å². The van der Waals surface area contributed by atoms with Crippen molar-refractivity contribution in [1.82, 2.24) is 4.90 Å². The lowest BCUT2D eigenvalue weighted by atomic mass is 10.1. The van der Waals surface area contributed by atoms with E-state index >= 15 is 0 Å². The van der Waals surface area contributed by atoms with Crippen LogP contribution >= 0.6 is 0 Å². The number of fused-ring (bicyclic) bond motifs is 3. The maximum absolute atomic E-state index is 13.0. The molecule has 1 saturated heterocycles. The molecule has 3 aromatic rings. The molecule has 0 saturated carbocycles. The second kappa shape index (κ2) is 6.46. The summed E-state index contributed by atoms with van der Waals surface area (Å²) >= 11 is 0. The number of hydrogen-bond acceptors (Lipinski definition) is 4. The van der Waals surface area contributed by atoms with Crippen molar-refractivity contribution in [2.75, 3.05) is 19.7 Å². The molecule has 1 amide bonds. The standard InChI is InChI=1S/C20H19NO5/c1-12-15-7-6-13-4-2-3-5-16(13)19(15)26-18(12)20(24)21-8-9-25-14(11-21)10-17(22)23/h2-7,14H,8-11H2,1H3,(H,22,23). The summed E-state index contributed by atoms with van der Waals surface area (Å²) in [5, 5.41) is 11.9. The topological polar surface area (TPSA) is 80.0 Å². The number of nitrogens with zero attached hydrogens (tertiary/aromatic N) is 1. The quantitative estimate of drug-likeness (QED) is 0.782. The van der Waals surface area contributed by atoms with Crippen LogP contribution in [0.2, 0.25) is 0 Å². The van der Waals surface area contributed by atoms with Crippen molar-refractivity contribution in [1.29, 1.82) is 0 Å². The summed E-state index contributed by atoms with van der Waals surface area (Å²) in [7, 11) is 0. The zero-order valence-electron chi connectivity index (χ0n) is 14.4. The maximum atomic E-state index is 13.0. The zero-order chi connectivity index (χ0) is 18.3. The number of aryl methyl sites for hydroxylation is 1. The van der Waals surface area contributed by atoms with Crippen molar-refractivity contribution >= 4 is 33.6 Å². The molecule has 1 unspecified atom stereocenters. The van der Waals surface area contributed by atoms with Crippen molar-refractivity contribution in [3.63, 3.8) is 0 Å². The molecule has 1 aliphatic heterocycles. The fourth-order valence-electron chi connectivity index (χ4n) is 3.52.